The lowest BCUT2D eigenvalue weighted by molar-refractivity contribution is 0.0535. The normalized spacial score (nSPS) is 14.1. The van der Waals surface area contributed by atoms with Crippen molar-refractivity contribution in [1.82, 2.24) is 14.8 Å². The maximum Gasteiger partial charge on any atom is 0.264 e. The number of carbonyl (C=O) groups is 2. The van der Waals surface area contributed by atoms with Gasteiger partial charge in [-0.2, -0.15) is 0 Å². The summed E-state index contributed by atoms with van der Waals surface area (Å²) in [5.74, 6) is 0.0159. The average molecular weight is 438 g/mol. The van der Waals surface area contributed by atoms with Crippen LogP contribution in [0.2, 0.25) is 0 Å². The van der Waals surface area contributed by atoms with Crippen molar-refractivity contribution in [2.24, 2.45) is 0 Å². The molecule has 0 radical (unpaired) electrons. The molecular weight excluding hydrogens is 414 g/mol. The molecule has 0 aliphatic carbocycles. The molecule has 7 heteroatoms. The van der Waals surface area contributed by atoms with Gasteiger partial charge in [-0.05, 0) is 60.7 Å². The van der Waals surface area contributed by atoms with Crippen LogP contribution in [0.5, 0.6) is 0 Å². The number of piperazine rings is 1. The number of aryl methyl sites for hydroxylation is 2. The molecule has 1 fully saturated rings. The second-order valence-electron chi connectivity index (χ2n) is 7.27. The van der Waals surface area contributed by atoms with Gasteiger partial charge in [-0.25, -0.2) is 4.98 Å². The van der Waals surface area contributed by atoms with E-state index < -0.39 is 0 Å². The molecule has 5 nitrogen and oxygen atoms in total. The van der Waals surface area contributed by atoms with Crippen molar-refractivity contribution in [3.8, 4) is 0 Å². The van der Waals surface area contributed by atoms with E-state index in [1.165, 1.54) is 34.2 Å². The van der Waals surface area contributed by atoms with E-state index in [0.717, 1.165) is 9.77 Å². The number of carbonyl (C=O) groups excluding carboxylic acids is 2. The fraction of sp³-hybridized carbons (Fsp3) is 0.261. The van der Waals surface area contributed by atoms with Crippen molar-refractivity contribution in [2.45, 2.75) is 23.8 Å². The first kappa shape index (κ1) is 20.6. The maximum atomic E-state index is 13.2. The quantitative estimate of drug-likeness (QED) is 0.603. The van der Waals surface area contributed by atoms with E-state index in [-0.39, 0.29) is 11.8 Å². The van der Waals surface area contributed by atoms with E-state index in [1.807, 2.05) is 33.4 Å². The van der Waals surface area contributed by atoms with Crippen LogP contribution in [0.4, 0.5) is 0 Å². The van der Waals surface area contributed by atoms with Gasteiger partial charge in [0.1, 0.15) is 5.03 Å². The molecule has 0 spiro atoms. The molecule has 0 saturated carbocycles. The summed E-state index contributed by atoms with van der Waals surface area (Å²) in [5, 5.41) is 2.62. The predicted octanol–water partition coefficient (Wildman–Crippen LogP) is 4.51. The fourth-order valence-corrected chi connectivity index (χ4v) is 5.03. The van der Waals surface area contributed by atoms with Crippen molar-refractivity contribution in [3.63, 3.8) is 0 Å². The molecule has 1 saturated heterocycles. The van der Waals surface area contributed by atoms with Crippen LogP contribution in [0.15, 0.2) is 64.0 Å². The Morgan fingerprint density at radius 1 is 0.933 bits per heavy atom. The molecule has 0 N–H and O–H groups in total. The third-order valence-corrected chi connectivity index (χ3v) is 7.15. The second-order valence-corrected chi connectivity index (χ2v) is 9.28. The van der Waals surface area contributed by atoms with Crippen LogP contribution in [0.1, 0.15) is 31.2 Å². The van der Waals surface area contributed by atoms with E-state index in [4.69, 9.17) is 0 Å². The first-order valence-corrected chi connectivity index (χ1v) is 11.5. The van der Waals surface area contributed by atoms with Crippen LogP contribution in [0.3, 0.4) is 0 Å². The van der Waals surface area contributed by atoms with E-state index in [1.54, 1.807) is 12.3 Å². The van der Waals surface area contributed by atoms with Gasteiger partial charge in [-0.3, -0.25) is 9.59 Å². The molecule has 154 valence electrons. The van der Waals surface area contributed by atoms with Crippen molar-refractivity contribution in [3.05, 3.63) is 75.6 Å². The zero-order chi connectivity index (χ0) is 21.1. The van der Waals surface area contributed by atoms with Crippen LogP contribution >= 0.6 is 23.1 Å². The van der Waals surface area contributed by atoms with Gasteiger partial charge in [0.15, 0.2) is 0 Å². The van der Waals surface area contributed by atoms with Gasteiger partial charge in [-0.1, -0.05) is 23.9 Å². The van der Waals surface area contributed by atoms with Crippen molar-refractivity contribution in [2.75, 3.05) is 26.2 Å². The summed E-state index contributed by atoms with van der Waals surface area (Å²) in [7, 11) is 0. The number of amides is 2. The van der Waals surface area contributed by atoms with Crippen LogP contribution in [-0.4, -0.2) is 52.8 Å². The Balaban J connectivity index is 1.45. The smallest absolute Gasteiger partial charge is 0.264 e. The van der Waals surface area contributed by atoms with E-state index in [9.17, 15) is 9.59 Å². The Morgan fingerprint density at radius 3 is 2.33 bits per heavy atom. The molecule has 0 atom stereocenters. The summed E-state index contributed by atoms with van der Waals surface area (Å²) in [6.45, 7) is 6.31. The third-order valence-electron chi connectivity index (χ3n) is 5.28. The first-order chi connectivity index (χ1) is 14.5. The van der Waals surface area contributed by atoms with Gasteiger partial charge < -0.3 is 9.80 Å². The molecule has 0 unspecified atom stereocenters. The zero-order valence-electron chi connectivity index (χ0n) is 17.0. The average Bonchev–Trinajstić information content (AvgIpc) is 3.31. The minimum Gasteiger partial charge on any atom is -0.335 e. The second kappa shape index (κ2) is 9.02. The number of hydrogen-bond donors (Lipinski definition) is 0. The highest BCUT2D eigenvalue weighted by molar-refractivity contribution is 7.99. The molecule has 3 aromatic rings. The summed E-state index contributed by atoms with van der Waals surface area (Å²) in [5.41, 5.74) is 3.07. The molecule has 1 aliphatic rings. The summed E-state index contributed by atoms with van der Waals surface area (Å²) >= 11 is 2.96. The lowest BCUT2D eigenvalue weighted by Gasteiger charge is -2.34. The SMILES string of the molecule is Cc1ccc(Sc2ncccc2C(=O)N2CCN(C(=O)c3cccs3)CC2)cc1C. The third kappa shape index (κ3) is 4.42. The molecular formula is C23H23N3O2S2. The highest BCUT2D eigenvalue weighted by atomic mass is 32.2. The highest BCUT2D eigenvalue weighted by Crippen LogP contribution is 2.30. The number of aromatic nitrogens is 1. The van der Waals surface area contributed by atoms with Crippen LogP contribution in [-0.2, 0) is 0 Å². The molecule has 1 aliphatic heterocycles. The Labute approximate surface area is 184 Å². The van der Waals surface area contributed by atoms with Crippen LogP contribution in [0, 0.1) is 13.8 Å². The van der Waals surface area contributed by atoms with Crippen molar-refractivity contribution in [1.29, 1.82) is 0 Å². The Morgan fingerprint density at radius 2 is 1.67 bits per heavy atom. The Kier molecular flexibility index (Phi) is 6.20. The fourth-order valence-electron chi connectivity index (χ4n) is 3.36. The predicted molar refractivity (Wildman–Crippen MR) is 120 cm³/mol. The topological polar surface area (TPSA) is 53.5 Å². The minimum atomic E-state index is -0.0299. The number of pyridine rings is 1. The van der Waals surface area contributed by atoms with Crippen LogP contribution in [0.25, 0.3) is 0 Å². The summed E-state index contributed by atoms with van der Waals surface area (Å²) in [4.78, 5) is 35.7. The number of hydrogen-bond acceptors (Lipinski definition) is 5. The number of thiophene rings is 1. The molecule has 3 heterocycles. The lowest BCUT2D eigenvalue weighted by Crippen LogP contribution is -2.50. The number of rotatable bonds is 4. The standard InChI is InChI=1S/C23H23N3O2S2/c1-16-7-8-18(15-17(16)2)30-21-19(5-3-9-24-21)22(27)25-10-12-26(13-11-25)23(28)20-6-4-14-29-20/h3-9,14-15H,10-13H2,1-2H3. The van der Waals surface area contributed by atoms with Gasteiger partial charge in [0.25, 0.3) is 11.8 Å². The van der Waals surface area contributed by atoms with Crippen LogP contribution < -0.4 is 0 Å². The minimum absolute atomic E-state index is 0.0299. The monoisotopic (exact) mass is 437 g/mol. The molecule has 4 rings (SSSR count). The largest absolute Gasteiger partial charge is 0.335 e. The van der Waals surface area contributed by atoms with Crippen molar-refractivity contribution >= 4 is 34.9 Å². The summed E-state index contributed by atoms with van der Waals surface area (Å²) in [6.07, 6.45) is 1.72. The maximum absolute atomic E-state index is 13.2. The highest BCUT2D eigenvalue weighted by Gasteiger charge is 2.27. The molecule has 2 amide bonds. The van der Waals surface area contributed by atoms with Gasteiger partial charge in [0, 0.05) is 37.3 Å². The molecule has 2 aromatic heterocycles. The van der Waals surface area contributed by atoms with E-state index in [2.05, 4.69) is 37.0 Å². The van der Waals surface area contributed by atoms with E-state index in [0.29, 0.717) is 36.8 Å². The van der Waals surface area contributed by atoms with Gasteiger partial charge >= 0.3 is 0 Å². The lowest BCUT2D eigenvalue weighted by atomic mass is 10.1. The molecule has 30 heavy (non-hydrogen) atoms. The Bertz CT molecular complexity index is 1060. The zero-order valence-corrected chi connectivity index (χ0v) is 18.6. The van der Waals surface area contributed by atoms with Crippen molar-refractivity contribution < 1.29 is 9.59 Å². The van der Waals surface area contributed by atoms with Gasteiger partial charge in [0.05, 0.1) is 10.4 Å². The number of nitrogens with zero attached hydrogens (tertiary/aromatic N) is 3. The summed E-state index contributed by atoms with van der Waals surface area (Å²) in [6, 6.07) is 13.6. The van der Waals surface area contributed by atoms with E-state index >= 15 is 0 Å². The Hall–Kier alpha value is -2.64. The summed E-state index contributed by atoms with van der Waals surface area (Å²) < 4.78 is 0. The van der Waals surface area contributed by atoms with Gasteiger partial charge in [-0.15, -0.1) is 11.3 Å². The van der Waals surface area contributed by atoms with Gasteiger partial charge in [0.2, 0.25) is 0 Å². The first-order valence-electron chi connectivity index (χ1n) is 9.85. The number of benzene rings is 1. The molecule has 1 aromatic carbocycles. The molecule has 0 bridgehead atoms.